The number of aryl methyl sites for hydroxylation is 1. The molecule has 3 aromatic rings. The lowest BCUT2D eigenvalue weighted by Crippen LogP contribution is -1.99. The van der Waals surface area contributed by atoms with Gasteiger partial charge >= 0.3 is 0 Å². The molecule has 0 spiro atoms. The molecule has 2 heterocycles. The highest BCUT2D eigenvalue weighted by Gasteiger charge is 2.20. The number of thiophene rings is 1. The van der Waals surface area contributed by atoms with Crippen molar-refractivity contribution < 1.29 is 9.34 Å². The first-order valence-electron chi connectivity index (χ1n) is 8.69. The Labute approximate surface area is 169 Å². The van der Waals surface area contributed by atoms with E-state index in [1.54, 1.807) is 35.8 Å². The van der Waals surface area contributed by atoms with E-state index in [1.165, 1.54) is 17.0 Å². The third-order valence-corrected chi connectivity index (χ3v) is 6.14. The number of furan rings is 1. The highest BCUT2D eigenvalue weighted by molar-refractivity contribution is 7.16. The van der Waals surface area contributed by atoms with Gasteiger partial charge in [-0.05, 0) is 49.4 Å². The summed E-state index contributed by atoms with van der Waals surface area (Å²) in [6, 6.07) is 10.0. The van der Waals surface area contributed by atoms with E-state index in [9.17, 15) is 15.4 Å². The van der Waals surface area contributed by atoms with E-state index < -0.39 is 4.92 Å². The summed E-state index contributed by atoms with van der Waals surface area (Å²) in [6.07, 6.45) is 5.79. The average molecular weight is 412 g/mol. The minimum atomic E-state index is -0.497. The first kappa shape index (κ1) is 18.4. The first-order valence-corrected chi connectivity index (χ1v) is 9.89. The summed E-state index contributed by atoms with van der Waals surface area (Å²) in [6.45, 7) is 0. The second-order valence-corrected chi connectivity index (χ2v) is 7.88. The third kappa shape index (κ3) is 3.44. The summed E-state index contributed by atoms with van der Waals surface area (Å²) in [5, 5.41) is 21.3. The van der Waals surface area contributed by atoms with Gasteiger partial charge in [0.15, 0.2) is 0 Å². The number of nitrogens with zero attached hydrogens (tertiary/aromatic N) is 3. The lowest BCUT2D eigenvalue weighted by Gasteiger charge is -2.09. The lowest BCUT2D eigenvalue weighted by molar-refractivity contribution is -0.384. The predicted molar refractivity (Wildman–Crippen MR) is 109 cm³/mol. The number of fused-ring (bicyclic) bond motifs is 1. The van der Waals surface area contributed by atoms with Crippen LogP contribution in [-0.4, -0.2) is 11.1 Å². The van der Waals surface area contributed by atoms with Crippen molar-refractivity contribution in [3.63, 3.8) is 0 Å². The second-order valence-electron chi connectivity index (χ2n) is 6.38. The monoisotopic (exact) mass is 411 g/mol. The van der Waals surface area contributed by atoms with E-state index >= 15 is 0 Å². The molecule has 0 N–H and O–H groups in total. The second kappa shape index (κ2) is 7.58. The molecule has 1 aromatic carbocycles. The van der Waals surface area contributed by atoms with Crippen molar-refractivity contribution in [1.29, 1.82) is 5.26 Å². The van der Waals surface area contributed by atoms with Gasteiger partial charge in [-0.15, -0.1) is 11.3 Å². The highest BCUT2D eigenvalue weighted by Crippen LogP contribution is 2.39. The number of benzene rings is 1. The quantitative estimate of drug-likeness (QED) is 0.296. The predicted octanol–water partition coefficient (Wildman–Crippen LogP) is 6.07. The number of aliphatic imine (C=N–C) groups is 1. The fourth-order valence-electron chi connectivity index (χ4n) is 3.26. The molecule has 1 aliphatic carbocycles. The van der Waals surface area contributed by atoms with Crippen LogP contribution in [-0.2, 0) is 12.8 Å². The molecule has 0 amide bonds. The maximum Gasteiger partial charge on any atom is 0.270 e. The van der Waals surface area contributed by atoms with Crippen LogP contribution in [0.1, 0.15) is 34.6 Å². The van der Waals surface area contributed by atoms with Crippen molar-refractivity contribution in [1.82, 2.24) is 0 Å². The molecular weight excluding hydrogens is 398 g/mol. The smallest absolute Gasteiger partial charge is 0.270 e. The number of nitro benzene ring substituents is 1. The van der Waals surface area contributed by atoms with Gasteiger partial charge < -0.3 is 4.42 Å². The van der Waals surface area contributed by atoms with Gasteiger partial charge in [0.1, 0.15) is 22.6 Å². The molecule has 140 valence electrons. The summed E-state index contributed by atoms with van der Waals surface area (Å²) in [7, 11) is 0. The largest absolute Gasteiger partial charge is 0.455 e. The number of nitro groups is 1. The molecule has 0 unspecified atom stereocenters. The van der Waals surface area contributed by atoms with Gasteiger partial charge in [-0.1, -0.05) is 11.6 Å². The van der Waals surface area contributed by atoms with Crippen LogP contribution < -0.4 is 0 Å². The summed E-state index contributed by atoms with van der Waals surface area (Å²) in [4.78, 5) is 16.1. The standard InChI is InChI=1S/C20H14ClN3O3S/c21-17-9-12(24(25)26)5-7-15(17)18-8-6-13(27-18)11-23-20-16(10-22)14-3-1-2-4-19(14)28-20/h5-9,11H,1-4H2/b23-11+. The molecule has 0 fully saturated rings. The molecule has 0 saturated carbocycles. The Balaban J connectivity index is 1.60. The van der Waals surface area contributed by atoms with Crippen molar-refractivity contribution >= 4 is 39.8 Å². The Hall–Kier alpha value is -2.95. The molecule has 2 aromatic heterocycles. The number of rotatable bonds is 4. The molecule has 4 rings (SSSR count). The molecule has 0 radical (unpaired) electrons. The van der Waals surface area contributed by atoms with Gasteiger partial charge in [0.2, 0.25) is 0 Å². The van der Waals surface area contributed by atoms with Gasteiger partial charge in [0, 0.05) is 22.6 Å². The maximum absolute atomic E-state index is 10.8. The Morgan fingerprint density at radius 1 is 1.29 bits per heavy atom. The first-order chi connectivity index (χ1) is 13.6. The number of hydrogen-bond donors (Lipinski definition) is 0. The molecule has 28 heavy (non-hydrogen) atoms. The Morgan fingerprint density at radius 2 is 2.11 bits per heavy atom. The van der Waals surface area contributed by atoms with Crippen LogP contribution in [0.5, 0.6) is 0 Å². The summed E-state index contributed by atoms with van der Waals surface area (Å²) in [5.41, 5.74) is 2.30. The van der Waals surface area contributed by atoms with E-state index in [0.29, 0.717) is 27.6 Å². The van der Waals surface area contributed by atoms with Crippen LogP contribution in [0.15, 0.2) is 39.7 Å². The van der Waals surface area contributed by atoms with Crippen LogP contribution in [0.3, 0.4) is 0 Å². The summed E-state index contributed by atoms with van der Waals surface area (Å²) < 4.78 is 5.77. The van der Waals surface area contributed by atoms with Gasteiger partial charge in [0.25, 0.3) is 5.69 Å². The molecule has 0 saturated heterocycles. The number of hydrogen-bond acceptors (Lipinski definition) is 6. The van der Waals surface area contributed by atoms with Crippen molar-refractivity contribution in [3.05, 3.63) is 67.2 Å². The Morgan fingerprint density at radius 3 is 2.86 bits per heavy atom. The van der Waals surface area contributed by atoms with Gasteiger partial charge in [-0.2, -0.15) is 5.26 Å². The molecular formula is C20H14ClN3O3S. The third-order valence-electron chi connectivity index (χ3n) is 4.63. The number of halogens is 1. The van der Waals surface area contributed by atoms with Gasteiger partial charge in [-0.25, -0.2) is 4.99 Å². The van der Waals surface area contributed by atoms with Crippen LogP contribution in [0, 0.1) is 21.4 Å². The average Bonchev–Trinajstić information content (AvgIpc) is 3.30. The number of nitriles is 1. The number of non-ortho nitro benzene ring substituents is 1. The fraction of sp³-hybridized carbons (Fsp3) is 0.200. The normalized spacial score (nSPS) is 13.4. The van der Waals surface area contributed by atoms with Crippen LogP contribution in [0.2, 0.25) is 5.02 Å². The topological polar surface area (TPSA) is 92.4 Å². The molecule has 0 bridgehead atoms. The SMILES string of the molecule is N#Cc1c(/N=C/c2ccc(-c3ccc([N+](=O)[O-])cc3Cl)o2)sc2c1CCCC2. The van der Waals surface area contributed by atoms with E-state index in [-0.39, 0.29) is 10.7 Å². The minimum absolute atomic E-state index is 0.0761. The zero-order valence-electron chi connectivity index (χ0n) is 14.6. The minimum Gasteiger partial charge on any atom is -0.455 e. The summed E-state index contributed by atoms with van der Waals surface area (Å²) in [5.74, 6) is 1.01. The highest BCUT2D eigenvalue weighted by atomic mass is 35.5. The van der Waals surface area contributed by atoms with Crippen LogP contribution in [0.4, 0.5) is 10.7 Å². The zero-order valence-corrected chi connectivity index (χ0v) is 16.2. The molecule has 8 heteroatoms. The lowest BCUT2D eigenvalue weighted by atomic mass is 9.96. The molecule has 0 atom stereocenters. The zero-order chi connectivity index (χ0) is 19.7. The summed E-state index contributed by atoms with van der Waals surface area (Å²) >= 11 is 7.72. The molecule has 1 aliphatic rings. The Bertz CT molecular complexity index is 1140. The van der Waals surface area contributed by atoms with Crippen molar-refractivity contribution in [2.75, 3.05) is 0 Å². The molecule has 6 nitrogen and oxygen atoms in total. The van der Waals surface area contributed by atoms with E-state index in [2.05, 4.69) is 11.1 Å². The van der Waals surface area contributed by atoms with Crippen molar-refractivity contribution in [2.24, 2.45) is 4.99 Å². The maximum atomic E-state index is 10.8. The van der Waals surface area contributed by atoms with Crippen molar-refractivity contribution in [2.45, 2.75) is 25.7 Å². The fourth-order valence-corrected chi connectivity index (χ4v) is 4.72. The van der Waals surface area contributed by atoms with Crippen LogP contribution in [0.25, 0.3) is 11.3 Å². The van der Waals surface area contributed by atoms with E-state index in [1.807, 2.05) is 0 Å². The Kier molecular flexibility index (Phi) is 4.99. The van der Waals surface area contributed by atoms with Gasteiger partial charge in [0.05, 0.1) is 21.7 Å². The molecule has 0 aliphatic heterocycles. The van der Waals surface area contributed by atoms with Gasteiger partial charge in [-0.3, -0.25) is 10.1 Å². The van der Waals surface area contributed by atoms with Crippen LogP contribution >= 0.6 is 22.9 Å². The van der Waals surface area contributed by atoms with Crippen molar-refractivity contribution in [3.8, 4) is 17.4 Å². The van der Waals surface area contributed by atoms with E-state index in [0.717, 1.165) is 31.2 Å². The van der Waals surface area contributed by atoms with E-state index in [4.69, 9.17) is 16.0 Å².